The van der Waals surface area contributed by atoms with E-state index in [2.05, 4.69) is 10.5 Å². The summed E-state index contributed by atoms with van der Waals surface area (Å²) in [6.45, 7) is 3.41. The minimum Gasteiger partial charge on any atom is -0.409 e. The lowest BCUT2D eigenvalue weighted by molar-refractivity contribution is 0.0925. The molecular formula is C13H19N3O4S. The summed E-state index contributed by atoms with van der Waals surface area (Å²) in [5.74, 6) is -0.544. The van der Waals surface area contributed by atoms with E-state index in [9.17, 15) is 13.2 Å². The third-order valence-electron chi connectivity index (χ3n) is 3.31. The van der Waals surface area contributed by atoms with Crippen molar-refractivity contribution in [2.45, 2.75) is 30.7 Å². The highest BCUT2D eigenvalue weighted by molar-refractivity contribution is 7.90. The Morgan fingerprint density at radius 1 is 1.38 bits per heavy atom. The lowest BCUT2D eigenvalue weighted by Crippen LogP contribution is -2.55. The van der Waals surface area contributed by atoms with E-state index in [-0.39, 0.29) is 16.3 Å². The molecule has 1 amide bonds. The summed E-state index contributed by atoms with van der Waals surface area (Å²) < 4.78 is 22.7. The standard InChI is InChI=1S/C13H19N3O4S/c1-4-13(2,12(14)16-18)15-11(17)9-5-7-10(8-6-9)21(3,19)20/h5-8,18H,4H2,1-3H3,(H2,14,16)(H,15,17). The molecule has 0 fully saturated rings. The minimum absolute atomic E-state index is 0.105. The monoisotopic (exact) mass is 313 g/mol. The molecule has 116 valence electrons. The molecule has 7 nitrogen and oxygen atoms in total. The van der Waals surface area contributed by atoms with E-state index in [1.807, 2.05) is 0 Å². The zero-order chi connectivity index (χ0) is 16.3. The molecule has 0 radical (unpaired) electrons. The van der Waals surface area contributed by atoms with Crippen molar-refractivity contribution in [2.75, 3.05) is 6.26 Å². The summed E-state index contributed by atoms with van der Waals surface area (Å²) in [4.78, 5) is 12.3. The van der Waals surface area contributed by atoms with Crippen molar-refractivity contribution in [1.82, 2.24) is 5.32 Å². The Hall–Kier alpha value is -2.09. The molecule has 0 saturated heterocycles. The molecule has 1 rings (SSSR count). The second-order valence-corrected chi connectivity index (χ2v) is 6.94. The van der Waals surface area contributed by atoms with Crippen LogP contribution >= 0.6 is 0 Å². The largest absolute Gasteiger partial charge is 0.409 e. The van der Waals surface area contributed by atoms with E-state index >= 15 is 0 Å². The molecule has 8 heteroatoms. The molecular weight excluding hydrogens is 294 g/mol. The van der Waals surface area contributed by atoms with E-state index in [1.165, 1.54) is 24.3 Å². The maximum Gasteiger partial charge on any atom is 0.252 e. The Labute approximate surface area is 123 Å². The quantitative estimate of drug-likeness (QED) is 0.320. The lowest BCUT2D eigenvalue weighted by atomic mass is 9.97. The molecule has 0 bridgehead atoms. The van der Waals surface area contributed by atoms with Crippen LogP contribution in [-0.2, 0) is 9.84 Å². The second-order valence-electron chi connectivity index (χ2n) is 4.92. The highest BCUT2D eigenvalue weighted by Gasteiger charge is 2.30. The molecule has 0 heterocycles. The van der Waals surface area contributed by atoms with E-state index in [0.717, 1.165) is 6.26 Å². The molecule has 0 aliphatic heterocycles. The summed E-state index contributed by atoms with van der Waals surface area (Å²) in [6.07, 6.45) is 1.52. The molecule has 1 aromatic rings. The van der Waals surface area contributed by atoms with Gasteiger partial charge in [0, 0.05) is 11.8 Å². The van der Waals surface area contributed by atoms with Crippen LogP contribution in [0.15, 0.2) is 34.3 Å². The van der Waals surface area contributed by atoms with E-state index < -0.39 is 21.3 Å². The number of hydrogen-bond acceptors (Lipinski definition) is 5. The number of nitrogens with one attached hydrogen (secondary N) is 1. The van der Waals surface area contributed by atoms with Gasteiger partial charge in [-0.25, -0.2) is 8.42 Å². The van der Waals surface area contributed by atoms with Crippen LogP contribution in [-0.4, -0.2) is 37.2 Å². The molecule has 0 saturated carbocycles. The summed E-state index contributed by atoms with van der Waals surface area (Å²) in [7, 11) is -3.31. The van der Waals surface area contributed by atoms with Crippen molar-refractivity contribution in [3.05, 3.63) is 29.8 Å². The second kappa shape index (κ2) is 6.13. The first-order valence-corrected chi connectivity index (χ1v) is 8.14. The molecule has 0 aliphatic carbocycles. The van der Waals surface area contributed by atoms with Gasteiger partial charge in [0.05, 0.1) is 10.4 Å². The van der Waals surface area contributed by atoms with Crippen LogP contribution in [0.2, 0.25) is 0 Å². The van der Waals surface area contributed by atoms with Gasteiger partial charge in [0.15, 0.2) is 15.7 Å². The van der Waals surface area contributed by atoms with Crippen LogP contribution < -0.4 is 11.1 Å². The maximum absolute atomic E-state index is 12.1. The van der Waals surface area contributed by atoms with Gasteiger partial charge in [0.25, 0.3) is 5.91 Å². The number of benzene rings is 1. The number of carbonyl (C=O) groups excluding carboxylic acids is 1. The fourth-order valence-electron chi connectivity index (χ4n) is 1.62. The van der Waals surface area contributed by atoms with Crippen molar-refractivity contribution in [1.29, 1.82) is 0 Å². The van der Waals surface area contributed by atoms with Gasteiger partial charge >= 0.3 is 0 Å². The lowest BCUT2D eigenvalue weighted by Gasteiger charge is -2.28. The van der Waals surface area contributed by atoms with Gasteiger partial charge in [-0.2, -0.15) is 0 Å². The van der Waals surface area contributed by atoms with Gasteiger partial charge in [-0.05, 0) is 37.6 Å². The molecule has 0 spiro atoms. The van der Waals surface area contributed by atoms with Gasteiger partial charge in [-0.15, -0.1) is 0 Å². The molecule has 21 heavy (non-hydrogen) atoms. The number of nitrogens with zero attached hydrogens (tertiary/aromatic N) is 1. The number of amidine groups is 1. The van der Waals surface area contributed by atoms with Gasteiger partial charge < -0.3 is 16.3 Å². The number of nitrogens with two attached hydrogens (primary N) is 1. The predicted octanol–water partition coefficient (Wildman–Crippen LogP) is 0.735. The van der Waals surface area contributed by atoms with Crippen molar-refractivity contribution in [2.24, 2.45) is 10.9 Å². The third kappa shape index (κ3) is 3.94. The number of carbonyl (C=O) groups is 1. The summed E-state index contributed by atoms with van der Waals surface area (Å²) in [5.41, 5.74) is 4.88. The highest BCUT2D eigenvalue weighted by Crippen LogP contribution is 2.14. The molecule has 4 N–H and O–H groups in total. The number of hydrogen-bond donors (Lipinski definition) is 3. The topological polar surface area (TPSA) is 122 Å². The normalized spacial score (nSPS) is 15.3. The Morgan fingerprint density at radius 3 is 2.29 bits per heavy atom. The first kappa shape index (κ1) is 17.0. The van der Waals surface area contributed by atoms with Gasteiger partial charge in [0.2, 0.25) is 0 Å². The van der Waals surface area contributed by atoms with Crippen LogP contribution in [0.5, 0.6) is 0 Å². The number of amides is 1. The van der Waals surface area contributed by atoms with E-state index in [1.54, 1.807) is 13.8 Å². The molecule has 0 aromatic heterocycles. The Balaban J connectivity index is 3.00. The maximum atomic E-state index is 12.1. The smallest absolute Gasteiger partial charge is 0.252 e. The van der Waals surface area contributed by atoms with Crippen LogP contribution in [0.1, 0.15) is 30.6 Å². The van der Waals surface area contributed by atoms with Crippen LogP contribution in [0.25, 0.3) is 0 Å². The Bertz CT molecular complexity index is 652. The predicted molar refractivity (Wildman–Crippen MR) is 79.1 cm³/mol. The number of sulfone groups is 1. The zero-order valence-corrected chi connectivity index (χ0v) is 12.9. The first-order valence-electron chi connectivity index (χ1n) is 6.24. The Morgan fingerprint density at radius 2 is 1.90 bits per heavy atom. The van der Waals surface area contributed by atoms with E-state index in [0.29, 0.717) is 6.42 Å². The van der Waals surface area contributed by atoms with Crippen molar-refractivity contribution >= 4 is 21.6 Å². The van der Waals surface area contributed by atoms with Crippen molar-refractivity contribution < 1.29 is 18.4 Å². The van der Waals surface area contributed by atoms with Gasteiger partial charge in [-0.3, -0.25) is 4.79 Å². The average molecular weight is 313 g/mol. The molecule has 1 unspecified atom stereocenters. The molecule has 1 atom stereocenters. The average Bonchev–Trinajstić information content (AvgIpc) is 2.45. The summed E-state index contributed by atoms with van der Waals surface area (Å²) >= 11 is 0. The fraction of sp³-hybridized carbons (Fsp3) is 0.385. The Kier molecular flexibility index (Phi) is 4.95. The third-order valence-corrected chi connectivity index (χ3v) is 4.44. The fourth-order valence-corrected chi connectivity index (χ4v) is 2.25. The van der Waals surface area contributed by atoms with Crippen LogP contribution in [0.3, 0.4) is 0 Å². The van der Waals surface area contributed by atoms with Gasteiger partial charge in [-0.1, -0.05) is 12.1 Å². The van der Waals surface area contributed by atoms with E-state index in [4.69, 9.17) is 10.9 Å². The SMILES string of the molecule is CCC(C)(NC(=O)c1ccc(S(C)(=O)=O)cc1)/C(N)=N/O. The highest BCUT2D eigenvalue weighted by atomic mass is 32.2. The summed E-state index contributed by atoms with van der Waals surface area (Å²) in [6, 6.07) is 5.54. The van der Waals surface area contributed by atoms with Crippen LogP contribution in [0, 0.1) is 0 Å². The molecule has 1 aromatic carbocycles. The van der Waals surface area contributed by atoms with Crippen LogP contribution in [0.4, 0.5) is 0 Å². The number of rotatable bonds is 5. The minimum atomic E-state index is -3.31. The van der Waals surface area contributed by atoms with Gasteiger partial charge in [0.1, 0.15) is 0 Å². The van der Waals surface area contributed by atoms with Crippen molar-refractivity contribution in [3.8, 4) is 0 Å². The summed E-state index contributed by atoms with van der Waals surface area (Å²) in [5, 5.41) is 14.3. The zero-order valence-electron chi connectivity index (χ0n) is 12.1. The van der Waals surface area contributed by atoms with Crippen molar-refractivity contribution in [3.63, 3.8) is 0 Å². The number of oxime groups is 1. The molecule has 0 aliphatic rings. The first-order chi connectivity index (χ1) is 9.64.